The fourth-order valence-corrected chi connectivity index (χ4v) is 3.00. The summed E-state index contributed by atoms with van der Waals surface area (Å²) >= 11 is 6.02. The summed E-state index contributed by atoms with van der Waals surface area (Å²) in [7, 11) is 1.28. The Balaban J connectivity index is 1.93. The van der Waals surface area contributed by atoms with Crippen molar-refractivity contribution in [1.82, 2.24) is 0 Å². The van der Waals surface area contributed by atoms with Crippen molar-refractivity contribution in [3.8, 4) is 5.75 Å². The SMILES string of the molecule is COC(=O)c1ccc(Cl)cc1NC(=O)N1C[C@@H](C)Oc2ccc(C)cc21. The number of rotatable bonds is 2. The van der Waals surface area contributed by atoms with Crippen molar-refractivity contribution in [2.75, 3.05) is 23.9 Å². The number of carbonyl (C=O) groups excluding carboxylic acids is 2. The summed E-state index contributed by atoms with van der Waals surface area (Å²) < 4.78 is 10.6. The number of aryl methyl sites for hydroxylation is 1. The van der Waals surface area contributed by atoms with E-state index in [0.29, 0.717) is 28.7 Å². The molecule has 1 aliphatic heterocycles. The largest absolute Gasteiger partial charge is 0.487 e. The molecule has 7 heteroatoms. The fraction of sp³-hybridized carbons (Fsp3) is 0.263. The minimum atomic E-state index is -0.552. The first kappa shape index (κ1) is 18.1. The van der Waals surface area contributed by atoms with Crippen molar-refractivity contribution in [2.24, 2.45) is 0 Å². The van der Waals surface area contributed by atoms with Gasteiger partial charge in [-0.1, -0.05) is 17.7 Å². The van der Waals surface area contributed by atoms with Crippen molar-refractivity contribution in [1.29, 1.82) is 0 Å². The van der Waals surface area contributed by atoms with Crippen LogP contribution in [-0.4, -0.2) is 31.8 Å². The summed E-state index contributed by atoms with van der Waals surface area (Å²) in [5.74, 6) is 0.0901. The van der Waals surface area contributed by atoms with Crippen LogP contribution in [0.25, 0.3) is 0 Å². The summed E-state index contributed by atoms with van der Waals surface area (Å²) in [6, 6.07) is 9.90. The second-order valence-electron chi connectivity index (χ2n) is 6.12. The molecule has 26 heavy (non-hydrogen) atoms. The van der Waals surface area contributed by atoms with Crippen LogP contribution in [-0.2, 0) is 4.74 Å². The Morgan fingerprint density at radius 2 is 2.04 bits per heavy atom. The number of anilines is 2. The van der Waals surface area contributed by atoms with Gasteiger partial charge in [0.2, 0.25) is 0 Å². The second-order valence-corrected chi connectivity index (χ2v) is 6.56. The standard InChI is InChI=1S/C19H19ClN2O4/c1-11-4-7-17-16(8-11)22(10-12(2)26-17)19(24)21-15-9-13(20)5-6-14(15)18(23)25-3/h4-9,12H,10H2,1-3H3,(H,21,24)/t12-/m1/s1. The average Bonchev–Trinajstić information content (AvgIpc) is 2.61. The molecule has 2 aromatic rings. The first-order valence-electron chi connectivity index (χ1n) is 8.12. The molecule has 0 aromatic heterocycles. The molecule has 0 unspecified atom stereocenters. The molecule has 1 atom stereocenters. The molecule has 0 bridgehead atoms. The minimum Gasteiger partial charge on any atom is -0.487 e. The van der Waals surface area contributed by atoms with Gasteiger partial charge >= 0.3 is 12.0 Å². The van der Waals surface area contributed by atoms with Crippen LogP contribution in [0.15, 0.2) is 36.4 Å². The predicted octanol–water partition coefficient (Wildman–Crippen LogP) is 4.25. The number of hydrogen-bond donors (Lipinski definition) is 1. The Hall–Kier alpha value is -2.73. The molecule has 0 saturated carbocycles. The van der Waals surface area contributed by atoms with Crippen molar-refractivity contribution >= 4 is 35.0 Å². The van der Waals surface area contributed by atoms with Crippen LogP contribution in [0.4, 0.5) is 16.2 Å². The lowest BCUT2D eigenvalue weighted by Gasteiger charge is -2.33. The number of amides is 2. The first-order chi connectivity index (χ1) is 12.4. The van der Waals surface area contributed by atoms with E-state index in [-0.39, 0.29) is 17.7 Å². The molecule has 1 N–H and O–H groups in total. The number of nitrogens with zero attached hydrogens (tertiary/aromatic N) is 1. The topological polar surface area (TPSA) is 67.9 Å². The highest BCUT2D eigenvalue weighted by Crippen LogP contribution is 2.35. The van der Waals surface area contributed by atoms with Gasteiger partial charge < -0.3 is 14.8 Å². The van der Waals surface area contributed by atoms with Crippen LogP contribution >= 0.6 is 11.6 Å². The maximum absolute atomic E-state index is 12.9. The van der Waals surface area contributed by atoms with Gasteiger partial charge in [0.25, 0.3) is 0 Å². The van der Waals surface area contributed by atoms with Gasteiger partial charge in [-0.2, -0.15) is 0 Å². The number of carbonyl (C=O) groups is 2. The van der Waals surface area contributed by atoms with E-state index >= 15 is 0 Å². The van der Waals surface area contributed by atoms with Gasteiger partial charge in [-0.3, -0.25) is 4.90 Å². The molecule has 3 rings (SSSR count). The third-order valence-electron chi connectivity index (χ3n) is 4.05. The maximum atomic E-state index is 12.9. The van der Waals surface area contributed by atoms with Gasteiger partial charge in [0.05, 0.1) is 30.6 Å². The number of urea groups is 1. The van der Waals surface area contributed by atoms with Gasteiger partial charge in [0.15, 0.2) is 0 Å². The monoisotopic (exact) mass is 374 g/mol. The lowest BCUT2D eigenvalue weighted by Crippen LogP contribution is -2.44. The van der Waals surface area contributed by atoms with Crippen LogP contribution in [0.1, 0.15) is 22.8 Å². The fourth-order valence-electron chi connectivity index (χ4n) is 2.83. The number of benzene rings is 2. The summed E-state index contributed by atoms with van der Waals surface area (Å²) in [6.07, 6.45) is -0.157. The molecule has 0 radical (unpaired) electrons. The Kier molecular flexibility index (Phi) is 5.04. The highest BCUT2D eigenvalue weighted by Gasteiger charge is 2.28. The molecule has 2 aromatic carbocycles. The molecule has 1 heterocycles. The van der Waals surface area contributed by atoms with E-state index in [4.69, 9.17) is 21.1 Å². The molecule has 0 fully saturated rings. The Morgan fingerprint density at radius 3 is 2.77 bits per heavy atom. The van der Waals surface area contributed by atoms with E-state index < -0.39 is 5.97 Å². The van der Waals surface area contributed by atoms with Crippen molar-refractivity contribution in [3.05, 3.63) is 52.5 Å². The number of ether oxygens (including phenoxy) is 2. The van der Waals surface area contributed by atoms with E-state index in [0.717, 1.165) is 5.56 Å². The molecular formula is C19H19ClN2O4. The second kappa shape index (κ2) is 7.25. The van der Waals surface area contributed by atoms with Crippen LogP contribution in [0.5, 0.6) is 5.75 Å². The van der Waals surface area contributed by atoms with E-state index in [1.54, 1.807) is 11.0 Å². The Morgan fingerprint density at radius 1 is 1.27 bits per heavy atom. The van der Waals surface area contributed by atoms with Gasteiger partial charge in [0.1, 0.15) is 11.9 Å². The van der Waals surface area contributed by atoms with Crippen molar-refractivity contribution < 1.29 is 19.1 Å². The number of methoxy groups -OCH3 is 1. The molecule has 0 saturated heterocycles. The van der Waals surface area contributed by atoms with Gasteiger partial charge in [-0.15, -0.1) is 0 Å². The third-order valence-corrected chi connectivity index (χ3v) is 4.28. The molecule has 1 aliphatic rings. The Bertz CT molecular complexity index is 869. The van der Waals surface area contributed by atoms with Gasteiger partial charge in [0, 0.05) is 5.02 Å². The lowest BCUT2D eigenvalue weighted by atomic mass is 10.1. The number of fused-ring (bicyclic) bond motifs is 1. The number of nitrogens with one attached hydrogen (secondary N) is 1. The lowest BCUT2D eigenvalue weighted by molar-refractivity contribution is 0.0602. The molecule has 0 spiro atoms. The van der Waals surface area contributed by atoms with E-state index in [9.17, 15) is 9.59 Å². The summed E-state index contributed by atoms with van der Waals surface area (Å²) in [4.78, 5) is 26.5. The van der Waals surface area contributed by atoms with E-state index in [1.807, 2.05) is 32.0 Å². The molecule has 6 nitrogen and oxygen atoms in total. The first-order valence-corrected chi connectivity index (χ1v) is 8.50. The maximum Gasteiger partial charge on any atom is 0.339 e. The van der Waals surface area contributed by atoms with Crippen molar-refractivity contribution in [3.63, 3.8) is 0 Å². The molecule has 136 valence electrons. The predicted molar refractivity (Wildman–Crippen MR) is 100 cm³/mol. The van der Waals surface area contributed by atoms with Crippen LogP contribution in [0, 0.1) is 6.92 Å². The summed E-state index contributed by atoms with van der Waals surface area (Å²) in [5.41, 5.74) is 2.22. The zero-order valence-electron chi connectivity index (χ0n) is 14.7. The number of hydrogen-bond acceptors (Lipinski definition) is 4. The molecule has 2 amide bonds. The smallest absolute Gasteiger partial charge is 0.339 e. The minimum absolute atomic E-state index is 0.157. The zero-order valence-corrected chi connectivity index (χ0v) is 15.5. The quantitative estimate of drug-likeness (QED) is 0.798. The number of halogens is 1. The van der Waals surface area contributed by atoms with Gasteiger partial charge in [-0.05, 0) is 49.7 Å². The molecular weight excluding hydrogens is 356 g/mol. The highest BCUT2D eigenvalue weighted by molar-refractivity contribution is 6.31. The number of esters is 1. The van der Waals surface area contributed by atoms with Crippen molar-refractivity contribution in [2.45, 2.75) is 20.0 Å². The highest BCUT2D eigenvalue weighted by atomic mass is 35.5. The zero-order chi connectivity index (χ0) is 18.8. The normalized spacial score (nSPS) is 15.7. The average molecular weight is 375 g/mol. The van der Waals surface area contributed by atoms with Crippen LogP contribution in [0.3, 0.4) is 0 Å². The van der Waals surface area contributed by atoms with Gasteiger partial charge in [-0.25, -0.2) is 9.59 Å². The summed E-state index contributed by atoms with van der Waals surface area (Å²) in [6.45, 7) is 4.22. The third kappa shape index (κ3) is 3.60. The Labute approximate surface area is 156 Å². The van der Waals surface area contributed by atoms with E-state index in [2.05, 4.69) is 5.32 Å². The van der Waals surface area contributed by atoms with E-state index in [1.165, 1.54) is 19.2 Å². The molecule has 0 aliphatic carbocycles. The summed E-state index contributed by atoms with van der Waals surface area (Å²) in [5, 5.41) is 3.17. The van der Waals surface area contributed by atoms with Crippen LogP contribution < -0.4 is 15.0 Å². The van der Waals surface area contributed by atoms with Crippen LogP contribution in [0.2, 0.25) is 5.02 Å².